The van der Waals surface area contributed by atoms with Crippen LogP contribution >= 0.6 is 0 Å². The summed E-state index contributed by atoms with van der Waals surface area (Å²) in [4.78, 5) is 0. The topological polar surface area (TPSA) is 23.8 Å². The van der Waals surface area contributed by atoms with Gasteiger partial charge in [-0.2, -0.15) is 5.26 Å². The van der Waals surface area contributed by atoms with Crippen LogP contribution in [0.5, 0.6) is 0 Å². The second-order valence-electron chi connectivity index (χ2n) is 2.73. The number of halogens is 1. The third-order valence-electron chi connectivity index (χ3n) is 1.81. The van der Waals surface area contributed by atoms with Gasteiger partial charge in [0, 0.05) is 6.42 Å². The summed E-state index contributed by atoms with van der Waals surface area (Å²) >= 11 is 0. The minimum atomic E-state index is -0.215. The minimum Gasteiger partial charge on any atom is -0.207 e. The quantitative estimate of drug-likeness (QED) is 0.657. The predicted octanol–water partition coefficient (Wildman–Crippen LogP) is 2.59. The molecule has 0 saturated carbocycles. The highest BCUT2D eigenvalue weighted by Gasteiger charge is 1.98. The van der Waals surface area contributed by atoms with E-state index in [0.29, 0.717) is 12.8 Å². The lowest BCUT2D eigenvalue weighted by Gasteiger charge is -2.01. The number of hydrogen-bond acceptors (Lipinski definition) is 1. The van der Waals surface area contributed by atoms with Crippen molar-refractivity contribution >= 4 is 0 Å². The fourth-order valence-corrected chi connectivity index (χ4v) is 1.13. The molecule has 0 spiro atoms. The summed E-state index contributed by atoms with van der Waals surface area (Å²) in [6.45, 7) is 1.86. The lowest BCUT2D eigenvalue weighted by atomic mass is 10.0. The number of aryl methyl sites for hydroxylation is 2. The van der Waals surface area contributed by atoms with E-state index in [4.69, 9.17) is 5.26 Å². The van der Waals surface area contributed by atoms with Crippen molar-refractivity contribution in [3.63, 3.8) is 0 Å². The van der Waals surface area contributed by atoms with Crippen LogP contribution in [0.2, 0.25) is 0 Å². The molecule has 0 aliphatic rings. The number of nitrogens with zero attached hydrogens (tertiary/aromatic N) is 1. The number of nitriles is 1. The van der Waals surface area contributed by atoms with E-state index in [1.807, 2.05) is 6.92 Å². The van der Waals surface area contributed by atoms with Crippen molar-refractivity contribution in [2.75, 3.05) is 0 Å². The van der Waals surface area contributed by atoms with Gasteiger partial charge in [0.05, 0.1) is 6.07 Å². The molecule has 1 rings (SSSR count). The summed E-state index contributed by atoms with van der Waals surface area (Å²) in [5, 5.41) is 8.35. The maximum Gasteiger partial charge on any atom is 0.123 e. The van der Waals surface area contributed by atoms with Crippen LogP contribution in [0.25, 0.3) is 0 Å². The summed E-state index contributed by atoms with van der Waals surface area (Å²) in [6, 6.07) is 6.73. The van der Waals surface area contributed by atoms with Crippen molar-refractivity contribution < 1.29 is 4.39 Å². The first-order valence-electron chi connectivity index (χ1n) is 3.86. The molecule has 0 heterocycles. The highest BCUT2D eigenvalue weighted by molar-refractivity contribution is 5.26. The number of benzene rings is 1. The smallest absolute Gasteiger partial charge is 0.123 e. The Balaban J connectivity index is 2.81. The van der Waals surface area contributed by atoms with E-state index in [2.05, 4.69) is 6.07 Å². The summed E-state index contributed by atoms with van der Waals surface area (Å²) in [5.74, 6) is -0.215. The minimum absolute atomic E-state index is 0.215. The molecule has 0 aliphatic heterocycles. The molecule has 1 aromatic carbocycles. The Bertz CT molecular complexity index is 312. The Kier molecular flexibility index (Phi) is 2.82. The third-order valence-corrected chi connectivity index (χ3v) is 1.81. The maximum atomic E-state index is 12.6. The largest absolute Gasteiger partial charge is 0.207 e. The van der Waals surface area contributed by atoms with Gasteiger partial charge < -0.3 is 0 Å². The van der Waals surface area contributed by atoms with Gasteiger partial charge in [0.1, 0.15) is 5.82 Å². The molecule has 0 aliphatic carbocycles. The fourth-order valence-electron chi connectivity index (χ4n) is 1.13. The fraction of sp³-hybridized carbons (Fsp3) is 0.300. The van der Waals surface area contributed by atoms with Gasteiger partial charge in [-0.25, -0.2) is 4.39 Å². The van der Waals surface area contributed by atoms with E-state index in [1.54, 1.807) is 6.07 Å². The van der Waals surface area contributed by atoms with Crippen LogP contribution in [-0.2, 0) is 6.42 Å². The molecular weight excluding hydrogens is 153 g/mol. The van der Waals surface area contributed by atoms with Gasteiger partial charge in [-0.15, -0.1) is 0 Å². The molecule has 62 valence electrons. The van der Waals surface area contributed by atoms with Gasteiger partial charge in [-0.1, -0.05) is 6.07 Å². The van der Waals surface area contributed by atoms with Gasteiger partial charge >= 0.3 is 0 Å². The summed E-state index contributed by atoms with van der Waals surface area (Å²) in [5.41, 5.74) is 1.98. The Morgan fingerprint density at radius 1 is 1.50 bits per heavy atom. The second kappa shape index (κ2) is 3.87. The molecule has 0 bridgehead atoms. The van der Waals surface area contributed by atoms with Crippen molar-refractivity contribution in [3.8, 4) is 6.07 Å². The van der Waals surface area contributed by atoms with E-state index < -0.39 is 0 Å². The molecule has 0 N–H and O–H groups in total. The lowest BCUT2D eigenvalue weighted by Crippen LogP contribution is -1.89. The number of rotatable bonds is 2. The van der Waals surface area contributed by atoms with Crippen molar-refractivity contribution in [3.05, 3.63) is 35.1 Å². The first-order valence-corrected chi connectivity index (χ1v) is 3.86. The summed E-state index contributed by atoms with van der Waals surface area (Å²) in [6.07, 6.45) is 1.20. The van der Waals surface area contributed by atoms with E-state index in [-0.39, 0.29) is 5.82 Å². The van der Waals surface area contributed by atoms with Crippen LogP contribution in [0.3, 0.4) is 0 Å². The molecular formula is C10H10FN. The normalized spacial score (nSPS) is 9.42. The highest BCUT2D eigenvalue weighted by Crippen LogP contribution is 2.11. The van der Waals surface area contributed by atoms with Crippen LogP contribution in [-0.4, -0.2) is 0 Å². The third kappa shape index (κ3) is 2.06. The van der Waals surface area contributed by atoms with E-state index in [1.165, 1.54) is 12.1 Å². The van der Waals surface area contributed by atoms with Crippen LogP contribution in [0, 0.1) is 24.1 Å². The zero-order valence-electron chi connectivity index (χ0n) is 6.97. The van der Waals surface area contributed by atoms with Gasteiger partial charge in [-0.3, -0.25) is 0 Å². The first kappa shape index (κ1) is 8.73. The van der Waals surface area contributed by atoms with Crippen molar-refractivity contribution in [1.29, 1.82) is 5.26 Å². The average Bonchev–Trinajstić information content (AvgIpc) is 2.03. The van der Waals surface area contributed by atoms with Gasteiger partial charge in [0.2, 0.25) is 0 Å². The van der Waals surface area contributed by atoms with Crippen LogP contribution in [0.1, 0.15) is 17.5 Å². The van der Waals surface area contributed by atoms with Crippen molar-refractivity contribution in [2.24, 2.45) is 0 Å². The molecule has 0 atom stereocenters. The van der Waals surface area contributed by atoms with E-state index in [0.717, 1.165) is 11.1 Å². The van der Waals surface area contributed by atoms with Gasteiger partial charge in [0.25, 0.3) is 0 Å². The molecule has 0 amide bonds. The highest BCUT2D eigenvalue weighted by atomic mass is 19.1. The maximum absolute atomic E-state index is 12.6. The Morgan fingerprint density at radius 2 is 2.25 bits per heavy atom. The van der Waals surface area contributed by atoms with Crippen LogP contribution in [0.4, 0.5) is 4.39 Å². The molecule has 2 heteroatoms. The molecule has 1 aromatic rings. The average molecular weight is 163 g/mol. The first-order chi connectivity index (χ1) is 5.74. The Hall–Kier alpha value is -1.36. The van der Waals surface area contributed by atoms with Gasteiger partial charge in [-0.05, 0) is 36.6 Å². The summed E-state index contributed by atoms with van der Waals surface area (Å²) in [7, 11) is 0. The monoisotopic (exact) mass is 163 g/mol. The number of hydrogen-bond donors (Lipinski definition) is 0. The molecule has 0 radical (unpaired) electrons. The Morgan fingerprint density at radius 3 is 2.83 bits per heavy atom. The molecule has 1 nitrogen and oxygen atoms in total. The molecule has 0 saturated heterocycles. The van der Waals surface area contributed by atoms with Crippen molar-refractivity contribution in [1.82, 2.24) is 0 Å². The Labute approximate surface area is 71.4 Å². The SMILES string of the molecule is Cc1cc(F)ccc1CCC#N. The predicted molar refractivity (Wildman–Crippen MR) is 45.1 cm³/mol. The standard InChI is InChI=1S/C10H10FN/c1-8-7-10(11)5-4-9(8)3-2-6-12/h4-5,7H,2-3H2,1H3. The summed E-state index contributed by atoms with van der Waals surface area (Å²) < 4.78 is 12.6. The molecule has 0 unspecified atom stereocenters. The van der Waals surface area contributed by atoms with E-state index >= 15 is 0 Å². The van der Waals surface area contributed by atoms with E-state index in [9.17, 15) is 4.39 Å². The molecule has 0 fully saturated rings. The second-order valence-corrected chi connectivity index (χ2v) is 2.73. The molecule has 12 heavy (non-hydrogen) atoms. The lowest BCUT2D eigenvalue weighted by molar-refractivity contribution is 0.625. The van der Waals surface area contributed by atoms with Crippen LogP contribution in [0.15, 0.2) is 18.2 Å². The van der Waals surface area contributed by atoms with Gasteiger partial charge in [0.15, 0.2) is 0 Å². The van der Waals surface area contributed by atoms with Crippen LogP contribution < -0.4 is 0 Å². The molecule has 0 aromatic heterocycles. The zero-order valence-corrected chi connectivity index (χ0v) is 6.97. The van der Waals surface area contributed by atoms with Crippen molar-refractivity contribution in [2.45, 2.75) is 19.8 Å². The zero-order chi connectivity index (χ0) is 8.97.